The minimum Gasteiger partial charge on any atom is -0.484 e. The van der Waals surface area contributed by atoms with Gasteiger partial charge in [-0.3, -0.25) is 10.2 Å². The summed E-state index contributed by atoms with van der Waals surface area (Å²) in [5, 5.41) is 10.6. The molecule has 5 N–H and O–H groups in total. The summed E-state index contributed by atoms with van der Waals surface area (Å²) in [7, 11) is 1.79. The molecule has 0 saturated carbocycles. The maximum Gasteiger partial charge on any atom is 0.339 e. The molecule has 0 spiro atoms. The van der Waals surface area contributed by atoms with Crippen LogP contribution in [0.4, 0.5) is 21.0 Å². The number of fused-ring (bicyclic) bond motifs is 1. The number of carbonyl (C=O) groups is 3. The van der Waals surface area contributed by atoms with E-state index < -0.39 is 18.0 Å². The van der Waals surface area contributed by atoms with Gasteiger partial charge in [0, 0.05) is 18.4 Å². The first-order valence-electron chi connectivity index (χ1n) is 11.2. The molecule has 0 aliphatic heterocycles. The van der Waals surface area contributed by atoms with E-state index in [1.165, 1.54) is 29.5 Å². The van der Waals surface area contributed by atoms with Gasteiger partial charge < -0.3 is 19.9 Å². The first-order valence-corrected chi connectivity index (χ1v) is 13.5. The highest BCUT2D eigenvalue weighted by Gasteiger charge is 2.10. The summed E-state index contributed by atoms with van der Waals surface area (Å²) in [5.41, 5.74) is 8.56. The van der Waals surface area contributed by atoms with Crippen LogP contribution < -0.4 is 36.4 Å². The van der Waals surface area contributed by atoms with Crippen molar-refractivity contribution in [2.24, 2.45) is 12.1 Å². The Kier molecular flexibility index (Phi) is 9.61. The zero-order valence-electron chi connectivity index (χ0n) is 20.4. The summed E-state index contributed by atoms with van der Waals surface area (Å²) in [5.74, 6) is -0.171. The van der Waals surface area contributed by atoms with Crippen LogP contribution in [0, 0.1) is 0 Å². The Morgan fingerprint density at radius 3 is 2.08 bits per heavy atom. The second-order valence-electron chi connectivity index (χ2n) is 7.92. The lowest BCUT2D eigenvalue weighted by atomic mass is 10.3. The number of benzene rings is 3. The number of thiazole rings is 1. The summed E-state index contributed by atoms with van der Waals surface area (Å²) >= 11 is 24.9. The lowest BCUT2D eigenvalue weighted by molar-refractivity contribution is -0.123. The number of hydrogen-bond acceptors (Lipinski definition) is 6. The molecule has 3 aromatic carbocycles. The van der Waals surface area contributed by atoms with Crippen molar-refractivity contribution in [3.8, 4) is 5.75 Å². The maximum absolute atomic E-state index is 12.2. The Morgan fingerprint density at radius 2 is 1.45 bits per heavy atom. The van der Waals surface area contributed by atoms with E-state index in [1.54, 1.807) is 48.0 Å². The predicted molar refractivity (Wildman–Crippen MR) is 157 cm³/mol. The van der Waals surface area contributed by atoms with Crippen molar-refractivity contribution in [3.63, 3.8) is 0 Å². The number of nitrogens with zero attached hydrogens (tertiary/aromatic N) is 2. The molecular formula is C24H19Cl4N7O4S. The van der Waals surface area contributed by atoms with Crippen molar-refractivity contribution < 1.29 is 19.1 Å². The van der Waals surface area contributed by atoms with Crippen LogP contribution in [0.3, 0.4) is 0 Å². The number of urea groups is 2. The molecule has 40 heavy (non-hydrogen) atoms. The number of aryl methyl sites for hydroxylation is 1. The lowest BCUT2D eigenvalue weighted by Crippen LogP contribution is -2.45. The van der Waals surface area contributed by atoms with Crippen LogP contribution in [0.15, 0.2) is 59.7 Å². The summed E-state index contributed by atoms with van der Waals surface area (Å²) in [6.07, 6.45) is 0. The molecule has 11 nitrogen and oxygen atoms in total. The van der Waals surface area contributed by atoms with Crippen LogP contribution in [0.2, 0.25) is 20.1 Å². The Bertz CT molecular complexity index is 1670. The molecule has 1 aromatic heterocycles. The van der Waals surface area contributed by atoms with Crippen LogP contribution in [0.25, 0.3) is 10.2 Å². The van der Waals surface area contributed by atoms with Gasteiger partial charge in [-0.1, -0.05) is 57.7 Å². The summed E-state index contributed by atoms with van der Waals surface area (Å²) < 4.78 is 8.12. The second kappa shape index (κ2) is 13.1. The van der Waals surface area contributed by atoms with Crippen molar-refractivity contribution >= 4 is 97.3 Å². The second-order valence-corrected chi connectivity index (χ2v) is 10.6. The summed E-state index contributed by atoms with van der Waals surface area (Å²) in [6, 6.07) is 13.2. The van der Waals surface area contributed by atoms with E-state index in [9.17, 15) is 14.4 Å². The van der Waals surface area contributed by atoms with E-state index >= 15 is 0 Å². The van der Waals surface area contributed by atoms with Gasteiger partial charge >= 0.3 is 12.1 Å². The third-order valence-corrected chi connectivity index (χ3v) is 7.65. The molecule has 0 fully saturated rings. The Labute approximate surface area is 251 Å². The lowest BCUT2D eigenvalue weighted by Gasteiger charge is -2.10. The number of aromatic nitrogens is 1. The number of carbonyl (C=O) groups excluding carboxylic acids is 3. The van der Waals surface area contributed by atoms with E-state index in [2.05, 4.69) is 32.0 Å². The first-order chi connectivity index (χ1) is 19.1. The molecule has 4 aromatic rings. The van der Waals surface area contributed by atoms with E-state index in [0.717, 1.165) is 10.2 Å². The van der Waals surface area contributed by atoms with Gasteiger partial charge in [0.25, 0.3) is 5.91 Å². The number of ether oxygens (including phenoxy) is 1. The van der Waals surface area contributed by atoms with Crippen LogP contribution >= 0.6 is 57.7 Å². The number of hydrogen-bond donors (Lipinski definition) is 5. The van der Waals surface area contributed by atoms with Crippen molar-refractivity contribution in [1.82, 2.24) is 20.8 Å². The third kappa shape index (κ3) is 7.71. The molecule has 208 valence electrons. The minimum absolute atomic E-state index is 0.274. The van der Waals surface area contributed by atoms with Crippen LogP contribution in [0.5, 0.6) is 5.75 Å². The summed E-state index contributed by atoms with van der Waals surface area (Å²) in [4.78, 5) is 36.8. The molecule has 0 aliphatic carbocycles. The quantitative estimate of drug-likeness (QED) is 0.172. The minimum atomic E-state index is -0.685. The van der Waals surface area contributed by atoms with Crippen molar-refractivity contribution in [3.05, 3.63) is 79.5 Å². The van der Waals surface area contributed by atoms with Gasteiger partial charge in [0.15, 0.2) is 6.61 Å². The van der Waals surface area contributed by atoms with Crippen molar-refractivity contribution in [1.29, 1.82) is 0 Å². The molecule has 4 rings (SSSR count). The maximum atomic E-state index is 12.2. The van der Waals surface area contributed by atoms with Gasteiger partial charge in [0.2, 0.25) is 4.80 Å². The van der Waals surface area contributed by atoms with E-state index in [0.29, 0.717) is 37.0 Å². The normalized spacial score (nSPS) is 11.2. The number of amides is 5. The fourth-order valence-corrected chi connectivity index (χ4v) is 4.79. The van der Waals surface area contributed by atoms with Crippen LogP contribution in [-0.2, 0) is 11.8 Å². The highest BCUT2D eigenvalue weighted by molar-refractivity contribution is 7.16. The number of rotatable bonds is 6. The summed E-state index contributed by atoms with van der Waals surface area (Å²) in [6.45, 7) is -0.357. The fourth-order valence-electron chi connectivity index (χ4n) is 3.19. The van der Waals surface area contributed by atoms with Gasteiger partial charge in [-0.25, -0.2) is 20.4 Å². The molecule has 0 aliphatic rings. The molecule has 0 atom stereocenters. The Hall–Kier alpha value is -3.68. The van der Waals surface area contributed by atoms with E-state index in [4.69, 9.17) is 51.1 Å². The smallest absolute Gasteiger partial charge is 0.339 e. The predicted octanol–water partition coefficient (Wildman–Crippen LogP) is 5.72. The van der Waals surface area contributed by atoms with Crippen LogP contribution in [-0.4, -0.2) is 29.1 Å². The van der Waals surface area contributed by atoms with Gasteiger partial charge in [-0.2, -0.15) is 0 Å². The highest BCUT2D eigenvalue weighted by Crippen LogP contribution is 2.26. The topological polar surface area (TPSA) is 138 Å². The number of halogens is 4. The van der Waals surface area contributed by atoms with E-state index in [1.807, 2.05) is 0 Å². The Morgan fingerprint density at radius 1 is 0.825 bits per heavy atom. The first kappa shape index (κ1) is 29.3. The fraction of sp³-hybridized carbons (Fsp3) is 0.0833. The third-order valence-electron chi connectivity index (χ3n) is 5.07. The number of nitrogens with one attached hydrogen (secondary N) is 5. The molecule has 0 unspecified atom stereocenters. The zero-order chi connectivity index (χ0) is 28.8. The van der Waals surface area contributed by atoms with Gasteiger partial charge in [-0.15, -0.1) is 5.10 Å². The van der Waals surface area contributed by atoms with Gasteiger partial charge in [0.05, 0.1) is 30.3 Å². The van der Waals surface area contributed by atoms with Crippen molar-refractivity contribution in [2.45, 2.75) is 0 Å². The highest BCUT2D eigenvalue weighted by atomic mass is 35.5. The molecule has 1 heterocycles. The number of anilines is 2. The molecule has 0 radical (unpaired) electrons. The Balaban J connectivity index is 1.30. The zero-order valence-corrected chi connectivity index (χ0v) is 24.2. The molecular weight excluding hydrogens is 624 g/mol. The SMILES string of the molecule is Cn1/c(=N\NC(=O)Nc2ccc(Cl)c(Cl)c2)sc2cc(OCC(=O)NNC(=O)Nc3ccc(Cl)c(Cl)c3)ccc21. The monoisotopic (exact) mass is 641 g/mol. The van der Waals surface area contributed by atoms with Gasteiger partial charge in [0.1, 0.15) is 5.75 Å². The largest absolute Gasteiger partial charge is 0.484 e. The van der Waals surface area contributed by atoms with E-state index in [-0.39, 0.29) is 11.6 Å². The standard InChI is InChI=1S/C24H19Cl4N7O4S/c1-35-19-7-4-14(39-11-21(36)31-32-22(37)29-12-2-5-15(25)17(27)8-12)10-20(19)40-24(35)34-33-23(38)30-13-3-6-16(26)18(28)9-13/h2-10H,11H2,1H3,(H,31,36)(H2,29,32,37)(H2,30,33,38)/b34-24+. The molecule has 0 bridgehead atoms. The molecule has 0 saturated heterocycles. The van der Waals surface area contributed by atoms with Gasteiger partial charge in [-0.05, 0) is 54.6 Å². The average molecular weight is 643 g/mol. The van der Waals surface area contributed by atoms with Crippen molar-refractivity contribution in [2.75, 3.05) is 17.2 Å². The average Bonchev–Trinajstić information content (AvgIpc) is 3.23. The van der Waals surface area contributed by atoms with Crippen LogP contribution in [0.1, 0.15) is 0 Å². The molecule has 5 amide bonds. The number of hydrazine groups is 1. The molecule has 16 heteroatoms.